The average Bonchev–Trinajstić information content (AvgIpc) is 2.41. The molecule has 1 aromatic carbocycles. The first kappa shape index (κ1) is 19.1. The van der Waals surface area contributed by atoms with Gasteiger partial charge >= 0.3 is 0 Å². The molecule has 0 saturated carbocycles. The van der Waals surface area contributed by atoms with Gasteiger partial charge in [0.05, 0.1) is 11.2 Å². The van der Waals surface area contributed by atoms with Crippen molar-refractivity contribution in [2.45, 2.75) is 24.7 Å². The van der Waals surface area contributed by atoms with Crippen molar-refractivity contribution in [3.05, 3.63) is 29.8 Å². The highest BCUT2D eigenvalue weighted by Crippen LogP contribution is 2.08. The van der Waals surface area contributed by atoms with Gasteiger partial charge in [0, 0.05) is 12.8 Å². The maximum absolute atomic E-state index is 11.9. The molecule has 0 aliphatic rings. The summed E-state index contributed by atoms with van der Waals surface area (Å²) in [6.45, 7) is 1.80. The molecule has 0 unspecified atom stereocenters. The number of hydrogen-bond acceptors (Lipinski definition) is 6. The second kappa shape index (κ2) is 7.53. The zero-order valence-corrected chi connectivity index (χ0v) is 14.1. The first-order chi connectivity index (χ1) is 10.5. The molecule has 0 atom stereocenters. The Balaban J connectivity index is 2.49. The standard InChI is InChI=1S/C12H17N3O6S2/c1-9-3-5-10(6-4-9)23(20,21)15-13-11(16)7-8-12(17)14-22(2,18)19/h3-6,15H,7-8H2,1-2H3,(H,13,16)(H,14,17). The molecule has 0 aliphatic carbocycles. The van der Waals surface area contributed by atoms with E-state index in [9.17, 15) is 26.4 Å². The molecule has 0 radical (unpaired) electrons. The number of amides is 2. The number of nitrogens with one attached hydrogen (secondary N) is 3. The predicted octanol–water partition coefficient (Wildman–Crippen LogP) is -0.839. The molecule has 128 valence electrons. The molecule has 1 aromatic rings. The number of hydrogen-bond donors (Lipinski definition) is 3. The van der Waals surface area contributed by atoms with Crippen LogP contribution >= 0.6 is 0 Å². The highest BCUT2D eigenvalue weighted by Gasteiger charge is 2.16. The summed E-state index contributed by atoms with van der Waals surface area (Å²) in [5.41, 5.74) is 2.83. The summed E-state index contributed by atoms with van der Waals surface area (Å²) in [5.74, 6) is -1.63. The SMILES string of the molecule is Cc1ccc(S(=O)(=O)NNC(=O)CCC(=O)NS(C)(=O)=O)cc1. The normalized spacial score (nSPS) is 11.7. The van der Waals surface area contributed by atoms with E-state index in [1.807, 2.05) is 10.3 Å². The minimum Gasteiger partial charge on any atom is -0.278 e. The van der Waals surface area contributed by atoms with Crippen LogP contribution in [0.2, 0.25) is 0 Å². The Morgan fingerprint density at radius 3 is 2.00 bits per heavy atom. The van der Waals surface area contributed by atoms with Crippen molar-refractivity contribution in [2.24, 2.45) is 0 Å². The fourth-order valence-electron chi connectivity index (χ4n) is 1.45. The van der Waals surface area contributed by atoms with Gasteiger partial charge in [0.25, 0.3) is 10.0 Å². The highest BCUT2D eigenvalue weighted by atomic mass is 32.2. The number of carbonyl (C=O) groups is 2. The van der Waals surface area contributed by atoms with E-state index in [0.717, 1.165) is 11.8 Å². The highest BCUT2D eigenvalue weighted by molar-refractivity contribution is 7.89. The van der Waals surface area contributed by atoms with Crippen molar-refractivity contribution in [3.8, 4) is 0 Å². The Hall–Kier alpha value is -1.98. The quantitative estimate of drug-likeness (QED) is 0.540. The van der Waals surface area contributed by atoms with Gasteiger partial charge in [-0.25, -0.2) is 16.8 Å². The molecule has 0 aromatic heterocycles. The number of benzene rings is 1. The molecule has 1 rings (SSSR count). The molecule has 0 spiro atoms. The number of rotatable bonds is 7. The van der Waals surface area contributed by atoms with E-state index in [1.54, 1.807) is 23.8 Å². The summed E-state index contributed by atoms with van der Waals surface area (Å²) >= 11 is 0. The summed E-state index contributed by atoms with van der Waals surface area (Å²) in [5, 5.41) is 0. The summed E-state index contributed by atoms with van der Waals surface area (Å²) in [6.07, 6.45) is 0.0314. The second-order valence-electron chi connectivity index (χ2n) is 4.76. The van der Waals surface area contributed by atoms with Crippen molar-refractivity contribution in [1.82, 2.24) is 15.0 Å². The first-order valence-electron chi connectivity index (χ1n) is 6.37. The van der Waals surface area contributed by atoms with Crippen molar-refractivity contribution in [2.75, 3.05) is 6.26 Å². The summed E-state index contributed by atoms with van der Waals surface area (Å²) in [7, 11) is -7.61. The van der Waals surface area contributed by atoms with E-state index in [1.165, 1.54) is 12.1 Å². The summed E-state index contributed by atoms with van der Waals surface area (Å²) in [4.78, 5) is 24.5. The molecule has 0 fully saturated rings. The first-order valence-corrected chi connectivity index (χ1v) is 9.75. The maximum Gasteiger partial charge on any atom is 0.257 e. The van der Waals surface area contributed by atoms with Crippen LogP contribution < -0.4 is 15.0 Å². The summed E-state index contributed by atoms with van der Waals surface area (Å²) < 4.78 is 47.1. The molecule has 3 N–H and O–H groups in total. The fourth-order valence-corrected chi connectivity index (χ4v) is 2.82. The number of aryl methyl sites for hydroxylation is 1. The van der Waals surface area contributed by atoms with Crippen LogP contribution in [-0.2, 0) is 29.6 Å². The van der Waals surface area contributed by atoms with Crippen LogP contribution in [0.3, 0.4) is 0 Å². The Labute approximate surface area is 134 Å². The largest absolute Gasteiger partial charge is 0.278 e. The van der Waals surface area contributed by atoms with Crippen LogP contribution in [0.4, 0.5) is 0 Å². The number of sulfonamides is 2. The Morgan fingerprint density at radius 2 is 1.48 bits per heavy atom. The minimum absolute atomic E-state index is 0.0294. The lowest BCUT2D eigenvalue weighted by atomic mass is 10.2. The molecule has 0 saturated heterocycles. The molecule has 11 heteroatoms. The van der Waals surface area contributed by atoms with E-state index in [0.29, 0.717) is 0 Å². The van der Waals surface area contributed by atoms with E-state index < -0.39 is 38.3 Å². The van der Waals surface area contributed by atoms with E-state index in [4.69, 9.17) is 0 Å². The van der Waals surface area contributed by atoms with Crippen LogP contribution in [0.25, 0.3) is 0 Å². The Bertz CT molecular complexity index is 785. The molecule has 0 aliphatic heterocycles. The van der Waals surface area contributed by atoms with Crippen molar-refractivity contribution in [3.63, 3.8) is 0 Å². The van der Waals surface area contributed by atoms with Gasteiger partial charge in [-0.1, -0.05) is 17.7 Å². The van der Waals surface area contributed by atoms with Gasteiger partial charge in [-0.05, 0) is 19.1 Å². The molecule has 2 amide bonds. The van der Waals surface area contributed by atoms with Gasteiger partial charge in [-0.2, -0.15) is 0 Å². The van der Waals surface area contributed by atoms with Gasteiger partial charge in [-0.3, -0.25) is 19.7 Å². The van der Waals surface area contributed by atoms with Crippen LogP contribution in [0.15, 0.2) is 29.2 Å². The predicted molar refractivity (Wildman–Crippen MR) is 81.9 cm³/mol. The van der Waals surface area contributed by atoms with Gasteiger partial charge < -0.3 is 0 Å². The lowest BCUT2D eigenvalue weighted by Crippen LogP contribution is -2.42. The zero-order valence-electron chi connectivity index (χ0n) is 12.5. The van der Waals surface area contributed by atoms with E-state index >= 15 is 0 Å². The molecule has 9 nitrogen and oxygen atoms in total. The third-order valence-electron chi connectivity index (χ3n) is 2.53. The van der Waals surface area contributed by atoms with Crippen LogP contribution in [0.5, 0.6) is 0 Å². The Morgan fingerprint density at radius 1 is 0.957 bits per heavy atom. The number of carbonyl (C=O) groups excluding carboxylic acids is 2. The lowest BCUT2D eigenvalue weighted by Gasteiger charge is -2.08. The average molecular weight is 363 g/mol. The molecular weight excluding hydrogens is 346 g/mol. The second-order valence-corrected chi connectivity index (χ2v) is 8.19. The van der Waals surface area contributed by atoms with Gasteiger partial charge in [0.15, 0.2) is 0 Å². The van der Waals surface area contributed by atoms with Crippen molar-refractivity contribution >= 4 is 31.9 Å². The monoisotopic (exact) mass is 363 g/mol. The van der Waals surface area contributed by atoms with Crippen molar-refractivity contribution in [1.29, 1.82) is 0 Å². The maximum atomic E-state index is 11.9. The van der Waals surface area contributed by atoms with Crippen LogP contribution in [-0.4, -0.2) is 34.9 Å². The molecular formula is C12H17N3O6S2. The van der Waals surface area contributed by atoms with E-state index in [-0.39, 0.29) is 11.3 Å². The smallest absolute Gasteiger partial charge is 0.257 e. The van der Waals surface area contributed by atoms with Gasteiger partial charge in [-0.15, -0.1) is 4.83 Å². The topological polar surface area (TPSA) is 139 Å². The third kappa shape index (κ3) is 7.21. The van der Waals surface area contributed by atoms with Crippen LogP contribution in [0, 0.1) is 6.92 Å². The van der Waals surface area contributed by atoms with Gasteiger partial charge in [0.1, 0.15) is 0 Å². The van der Waals surface area contributed by atoms with Gasteiger partial charge in [0.2, 0.25) is 21.8 Å². The van der Waals surface area contributed by atoms with E-state index in [2.05, 4.69) is 0 Å². The molecule has 23 heavy (non-hydrogen) atoms. The molecule has 0 bridgehead atoms. The number of hydrazine groups is 1. The zero-order chi connectivity index (χ0) is 17.7. The lowest BCUT2D eigenvalue weighted by molar-refractivity contribution is -0.125. The molecule has 0 heterocycles. The third-order valence-corrected chi connectivity index (χ3v) is 4.40. The van der Waals surface area contributed by atoms with Crippen LogP contribution in [0.1, 0.15) is 18.4 Å². The Kier molecular flexibility index (Phi) is 6.24. The minimum atomic E-state index is -3.92. The summed E-state index contributed by atoms with van der Waals surface area (Å²) in [6, 6.07) is 5.96. The van der Waals surface area contributed by atoms with Crippen molar-refractivity contribution < 1.29 is 26.4 Å². The fraction of sp³-hybridized carbons (Fsp3) is 0.333.